The molecule has 0 aliphatic carbocycles. The average Bonchev–Trinajstić information content (AvgIpc) is 2.15. The Hall–Kier alpha value is 0.0900. The zero-order valence-electron chi connectivity index (χ0n) is 9.92. The number of hydrogen-bond donors (Lipinski definition) is 1. The third-order valence-corrected chi connectivity index (χ3v) is 5.65. The normalized spacial score (nSPS) is 12.8. The maximum atomic E-state index is 12.2. The molecule has 0 aliphatic rings. The van der Waals surface area contributed by atoms with Gasteiger partial charge in [-0.05, 0) is 54.4 Å². The second kappa shape index (κ2) is 5.38. The van der Waals surface area contributed by atoms with Crippen molar-refractivity contribution in [1.82, 2.24) is 4.72 Å². The van der Waals surface area contributed by atoms with E-state index in [4.69, 9.17) is 0 Å². The quantitative estimate of drug-likeness (QED) is 0.860. The van der Waals surface area contributed by atoms with Crippen molar-refractivity contribution in [2.45, 2.75) is 37.6 Å². The van der Waals surface area contributed by atoms with Crippen LogP contribution in [0, 0.1) is 0 Å². The summed E-state index contributed by atoms with van der Waals surface area (Å²) in [6, 6.07) is 4.99. The first-order valence-electron chi connectivity index (χ1n) is 5.17. The van der Waals surface area contributed by atoms with Crippen LogP contribution in [0.15, 0.2) is 32.0 Å². The molecule has 0 saturated carbocycles. The van der Waals surface area contributed by atoms with E-state index in [2.05, 4.69) is 36.6 Å². The van der Waals surface area contributed by atoms with E-state index in [0.29, 0.717) is 4.47 Å². The molecule has 0 aromatic heterocycles. The van der Waals surface area contributed by atoms with Crippen molar-refractivity contribution in [3.8, 4) is 0 Å². The van der Waals surface area contributed by atoms with Gasteiger partial charge in [0.1, 0.15) is 0 Å². The smallest absolute Gasteiger partial charge is 0.207 e. The van der Waals surface area contributed by atoms with E-state index >= 15 is 0 Å². The van der Waals surface area contributed by atoms with Gasteiger partial charge in [-0.1, -0.05) is 22.9 Å². The van der Waals surface area contributed by atoms with Crippen LogP contribution >= 0.6 is 31.9 Å². The fourth-order valence-corrected chi connectivity index (χ4v) is 4.42. The van der Waals surface area contributed by atoms with Gasteiger partial charge in [0, 0.05) is 14.5 Å². The Balaban J connectivity index is 3.14. The summed E-state index contributed by atoms with van der Waals surface area (Å²) >= 11 is 6.56. The molecular formula is C11H15Br2NO2S. The molecule has 0 heterocycles. The number of halogens is 2. The van der Waals surface area contributed by atoms with E-state index in [0.717, 1.165) is 10.9 Å². The second-order valence-electron chi connectivity index (χ2n) is 4.42. The van der Waals surface area contributed by atoms with Crippen molar-refractivity contribution in [3.63, 3.8) is 0 Å². The third-order valence-electron chi connectivity index (χ3n) is 2.48. The standard InChI is InChI=1S/C11H15Br2NO2S/c1-4-11(2,3)14-17(15,16)10-6-5-8(12)7-9(10)13/h5-7,14H,4H2,1-3H3. The molecule has 96 valence electrons. The molecule has 3 nitrogen and oxygen atoms in total. The van der Waals surface area contributed by atoms with Gasteiger partial charge in [-0.25, -0.2) is 13.1 Å². The summed E-state index contributed by atoms with van der Waals surface area (Å²) in [6.07, 6.45) is 0.723. The van der Waals surface area contributed by atoms with Gasteiger partial charge in [-0.2, -0.15) is 0 Å². The number of benzene rings is 1. The summed E-state index contributed by atoms with van der Waals surface area (Å²) in [4.78, 5) is 0.252. The highest BCUT2D eigenvalue weighted by atomic mass is 79.9. The van der Waals surface area contributed by atoms with E-state index in [1.165, 1.54) is 0 Å². The van der Waals surface area contributed by atoms with Crippen LogP contribution in [0.1, 0.15) is 27.2 Å². The molecule has 0 spiro atoms. The molecule has 1 aromatic rings. The summed E-state index contributed by atoms with van der Waals surface area (Å²) in [5, 5.41) is 0. The maximum absolute atomic E-state index is 12.2. The second-order valence-corrected chi connectivity index (χ2v) is 7.84. The molecule has 6 heteroatoms. The molecule has 1 rings (SSSR count). The molecule has 0 aliphatic heterocycles. The summed E-state index contributed by atoms with van der Waals surface area (Å²) in [5.74, 6) is 0. The van der Waals surface area contributed by atoms with Gasteiger partial charge in [0.15, 0.2) is 0 Å². The van der Waals surface area contributed by atoms with Gasteiger partial charge < -0.3 is 0 Å². The first-order valence-corrected chi connectivity index (χ1v) is 8.24. The van der Waals surface area contributed by atoms with Crippen molar-refractivity contribution in [2.75, 3.05) is 0 Å². The van der Waals surface area contributed by atoms with Crippen molar-refractivity contribution in [1.29, 1.82) is 0 Å². The van der Waals surface area contributed by atoms with Crippen LogP contribution in [0.3, 0.4) is 0 Å². The Kier molecular flexibility index (Phi) is 4.80. The highest BCUT2D eigenvalue weighted by Crippen LogP contribution is 2.26. The molecule has 0 bridgehead atoms. The largest absolute Gasteiger partial charge is 0.242 e. The monoisotopic (exact) mass is 383 g/mol. The molecule has 0 fully saturated rings. The van der Waals surface area contributed by atoms with Gasteiger partial charge >= 0.3 is 0 Å². The Morgan fingerprint density at radius 3 is 2.35 bits per heavy atom. The first-order chi connectivity index (χ1) is 7.68. The first kappa shape index (κ1) is 15.1. The van der Waals surface area contributed by atoms with Gasteiger partial charge in [-0.15, -0.1) is 0 Å². The highest BCUT2D eigenvalue weighted by molar-refractivity contribution is 9.11. The Morgan fingerprint density at radius 1 is 1.29 bits per heavy atom. The number of hydrogen-bond acceptors (Lipinski definition) is 2. The van der Waals surface area contributed by atoms with E-state index in [9.17, 15) is 8.42 Å². The van der Waals surface area contributed by atoms with Crippen molar-refractivity contribution >= 4 is 41.9 Å². The van der Waals surface area contributed by atoms with Crippen LogP contribution < -0.4 is 4.72 Å². The van der Waals surface area contributed by atoms with Crippen LogP contribution in [0.5, 0.6) is 0 Å². The molecule has 17 heavy (non-hydrogen) atoms. The Morgan fingerprint density at radius 2 is 1.88 bits per heavy atom. The molecule has 0 unspecified atom stereocenters. The summed E-state index contributed by atoms with van der Waals surface area (Å²) in [6.45, 7) is 5.66. The van der Waals surface area contributed by atoms with Gasteiger partial charge in [-0.3, -0.25) is 0 Å². The maximum Gasteiger partial charge on any atom is 0.242 e. The topological polar surface area (TPSA) is 46.2 Å². The zero-order chi connectivity index (χ0) is 13.3. The predicted molar refractivity (Wildman–Crippen MR) is 76.5 cm³/mol. The molecule has 0 amide bonds. The van der Waals surface area contributed by atoms with Crippen LogP contribution in [-0.4, -0.2) is 14.0 Å². The lowest BCUT2D eigenvalue weighted by atomic mass is 10.0. The molecule has 0 atom stereocenters. The summed E-state index contributed by atoms with van der Waals surface area (Å²) in [5.41, 5.74) is -0.453. The van der Waals surface area contributed by atoms with E-state index in [1.807, 2.05) is 20.8 Å². The van der Waals surface area contributed by atoms with Crippen LogP contribution in [0.25, 0.3) is 0 Å². The summed E-state index contributed by atoms with van der Waals surface area (Å²) < 4.78 is 28.4. The number of rotatable bonds is 4. The van der Waals surface area contributed by atoms with Crippen LogP contribution in [0.2, 0.25) is 0 Å². The van der Waals surface area contributed by atoms with Crippen LogP contribution in [0.4, 0.5) is 0 Å². The molecule has 0 radical (unpaired) electrons. The lowest BCUT2D eigenvalue weighted by Gasteiger charge is -2.24. The minimum absolute atomic E-state index is 0.252. The lowest BCUT2D eigenvalue weighted by Crippen LogP contribution is -2.42. The number of sulfonamides is 1. The summed E-state index contributed by atoms with van der Waals surface area (Å²) in [7, 11) is -3.50. The fraction of sp³-hybridized carbons (Fsp3) is 0.455. The van der Waals surface area contributed by atoms with Crippen molar-refractivity contribution in [3.05, 3.63) is 27.1 Å². The Labute approximate surface area is 119 Å². The predicted octanol–water partition coefficient (Wildman–Crippen LogP) is 3.68. The molecule has 0 saturated heterocycles. The number of nitrogens with one attached hydrogen (secondary N) is 1. The van der Waals surface area contributed by atoms with Crippen molar-refractivity contribution in [2.24, 2.45) is 0 Å². The fourth-order valence-electron chi connectivity index (χ4n) is 1.18. The van der Waals surface area contributed by atoms with E-state index in [1.54, 1.807) is 18.2 Å². The molecular weight excluding hydrogens is 370 g/mol. The van der Waals surface area contributed by atoms with Crippen molar-refractivity contribution < 1.29 is 8.42 Å². The zero-order valence-corrected chi connectivity index (χ0v) is 13.9. The van der Waals surface area contributed by atoms with E-state index < -0.39 is 15.6 Å². The van der Waals surface area contributed by atoms with Gasteiger partial charge in [0.25, 0.3) is 0 Å². The average molecular weight is 385 g/mol. The van der Waals surface area contributed by atoms with Crippen LogP contribution in [-0.2, 0) is 10.0 Å². The molecule has 1 N–H and O–H groups in total. The minimum Gasteiger partial charge on any atom is -0.207 e. The van der Waals surface area contributed by atoms with E-state index in [-0.39, 0.29) is 4.90 Å². The lowest BCUT2D eigenvalue weighted by molar-refractivity contribution is 0.439. The van der Waals surface area contributed by atoms with Gasteiger partial charge in [0.05, 0.1) is 4.90 Å². The van der Waals surface area contributed by atoms with Gasteiger partial charge in [0.2, 0.25) is 10.0 Å². The molecule has 1 aromatic carbocycles. The third kappa shape index (κ3) is 4.05. The highest BCUT2D eigenvalue weighted by Gasteiger charge is 2.26. The minimum atomic E-state index is -3.50. The SMILES string of the molecule is CCC(C)(C)NS(=O)(=O)c1ccc(Br)cc1Br. The Bertz CT molecular complexity index is 512.